The lowest BCUT2D eigenvalue weighted by atomic mass is 9.77. The Balaban J connectivity index is 0.00000108. The molecule has 4 N–H and O–H groups in total. The van der Waals surface area contributed by atoms with E-state index in [1.54, 1.807) is 0 Å². The Kier molecular flexibility index (Phi) is 4.05. The molecule has 4 atom stereocenters. The second-order valence-corrected chi connectivity index (χ2v) is 5.02. The molecule has 1 aliphatic heterocycles. The smallest absolute Gasteiger partial charge is 0.0506 e. The van der Waals surface area contributed by atoms with Crippen molar-refractivity contribution in [2.75, 3.05) is 0 Å². The molecule has 4 unspecified atom stereocenters. The first kappa shape index (κ1) is 12.8. The van der Waals surface area contributed by atoms with Gasteiger partial charge in [0.25, 0.3) is 0 Å². The van der Waals surface area contributed by atoms with Crippen LogP contribution < -0.4 is 16.6 Å². The largest absolute Gasteiger partial charge is 0.328 e. The zero-order valence-electron chi connectivity index (χ0n) is 9.80. The Labute approximate surface area is 109 Å². The van der Waals surface area contributed by atoms with Gasteiger partial charge in [0.1, 0.15) is 0 Å². The molecule has 1 saturated carbocycles. The molecule has 1 heterocycles. The van der Waals surface area contributed by atoms with Crippen molar-refractivity contribution in [2.45, 2.75) is 37.4 Å². The highest BCUT2D eigenvalue weighted by molar-refractivity contribution is 5.85. The summed E-state index contributed by atoms with van der Waals surface area (Å²) < 4.78 is 0. The molecule has 17 heavy (non-hydrogen) atoms. The number of hydrazine groups is 1. The third kappa shape index (κ3) is 2.47. The minimum Gasteiger partial charge on any atom is -0.328 e. The topological polar surface area (TPSA) is 50.1 Å². The van der Waals surface area contributed by atoms with E-state index in [0.29, 0.717) is 24.0 Å². The number of benzene rings is 1. The van der Waals surface area contributed by atoms with Gasteiger partial charge in [-0.25, -0.2) is 5.43 Å². The van der Waals surface area contributed by atoms with Crippen molar-refractivity contribution in [1.29, 1.82) is 0 Å². The van der Waals surface area contributed by atoms with Gasteiger partial charge in [-0.1, -0.05) is 30.3 Å². The Morgan fingerprint density at radius 1 is 1.06 bits per heavy atom. The van der Waals surface area contributed by atoms with Crippen molar-refractivity contribution in [3.8, 4) is 0 Å². The van der Waals surface area contributed by atoms with E-state index in [-0.39, 0.29) is 12.4 Å². The lowest BCUT2D eigenvalue weighted by Crippen LogP contribution is -2.39. The molecule has 0 radical (unpaired) electrons. The van der Waals surface area contributed by atoms with Crippen LogP contribution in [0.25, 0.3) is 0 Å². The maximum absolute atomic E-state index is 6.08. The average Bonchev–Trinajstić information content (AvgIpc) is 2.73. The van der Waals surface area contributed by atoms with Gasteiger partial charge in [0.15, 0.2) is 0 Å². The van der Waals surface area contributed by atoms with Crippen molar-refractivity contribution < 1.29 is 0 Å². The second kappa shape index (κ2) is 5.36. The SMILES string of the molecule is Cl.NC1CCC2NNC(c3ccccc3)C2C1. The van der Waals surface area contributed by atoms with Crippen LogP contribution >= 0.6 is 12.4 Å². The van der Waals surface area contributed by atoms with Gasteiger partial charge in [-0.3, -0.25) is 5.43 Å². The Bertz CT molecular complexity index is 357. The van der Waals surface area contributed by atoms with Crippen molar-refractivity contribution in [3.05, 3.63) is 35.9 Å². The summed E-state index contributed by atoms with van der Waals surface area (Å²) in [5, 5.41) is 0. The normalized spacial score (nSPS) is 36.1. The molecule has 94 valence electrons. The maximum atomic E-state index is 6.08. The van der Waals surface area contributed by atoms with E-state index < -0.39 is 0 Å². The molecule has 2 fully saturated rings. The van der Waals surface area contributed by atoms with Crippen molar-refractivity contribution in [3.63, 3.8) is 0 Å². The van der Waals surface area contributed by atoms with E-state index in [1.165, 1.54) is 12.0 Å². The summed E-state index contributed by atoms with van der Waals surface area (Å²) >= 11 is 0. The molecule has 1 saturated heterocycles. The number of halogens is 1. The van der Waals surface area contributed by atoms with Gasteiger partial charge in [0.2, 0.25) is 0 Å². The van der Waals surface area contributed by atoms with Gasteiger partial charge in [0, 0.05) is 12.1 Å². The summed E-state index contributed by atoms with van der Waals surface area (Å²) in [6.07, 6.45) is 3.48. The molecule has 0 aromatic heterocycles. The fraction of sp³-hybridized carbons (Fsp3) is 0.538. The third-order valence-corrected chi connectivity index (χ3v) is 3.95. The summed E-state index contributed by atoms with van der Waals surface area (Å²) in [7, 11) is 0. The van der Waals surface area contributed by atoms with Crippen molar-refractivity contribution in [1.82, 2.24) is 10.9 Å². The Morgan fingerprint density at radius 3 is 2.59 bits per heavy atom. The number of nitrogens with one attached hydrogen (secondary N) is 2. The van der Waals surface area contributed by atoms with Crippen LogP contribution in [0.1, 0.15) is 30.9 Å². The zero-order chi connectivity index (χ0) is 11.0. The maximum Gasteiger partial charge on any atom is 0.0506 e. The molecular weight excluding hydrogens is 234 g/mol. The van der Waals surface area contributed by atoms with E-state index in [1.807, 2.05) is 0 Å². The van der Waals surface area contributed by atoms with Crippen LogP contribution in [-0.2, 0) is 0 Å². The van der Waals surface area contributed by atoms with E-state index in [9.17, 15) is 0 Å². The molecule has 3 nitrogen and oxygen atoms in total. The molecule has 1 aromatic carbocycles. The van der Waals surface area contributed by atoms with Crippen molar-refractivity contribution in [2.24, 2.45) is 11.7 Å². The van der Waals surface area contributed by atoms with E-state index in [0.717, 1.165) is 12.8 Å². The monoisotopic (exact) mass is 253 g/mol. The molecular formula is C13H20ClN3. The number of rotatable bonds is 1. The molecule has 0 amide bonds. The minimum atomic E-state index is 0. The van der Waals surface area contributed by atoms with E-state index in [2.05, 4.69) is 41.2 Å². The van der Waals surface area contributed by atoms with Gasteiger partial charge in [-0.2, -0.15) is 0 Å². The van der Waals surface area contributed by atoms with Gasteiger partial charge >= 0.3 is 0 Å². The first-order chi connectivity index (χ1) is 7.84. The van der Waals surface area contributed by atoms with Crippen molar-refractivity contribution >= 4 is 12.4 Å². The zero-order valence-corrected chi connectivity index (χ0v) is 10.6. The van der Waals surface area contributed by atoms with Gasteiger partial charge in [-0.05, 0) is 30.7 Å². The fourth-order valence-corrected chi connectivity index (χ4v) is 3.08. The third-order valence-electron chi connectivity index (χ3n) is 3.95. The number of fused-ring (bicyclic) bond motifs is 1. The Hall–Kier alpha value is -0.610. The summed E-state index contributed by atoms with van der Waals surface area (Å²) in [6.45, 7) is 0. The first-order valence-corrected chi connectivity index (χ1v) is 6.16. The summed E-state index contributed by atoms with van der Waals surface area (Å²) in [4.78, 5) is 0. The minimum absolute atomic E-state index is 0. The average molecular weight is 254 g/mol. The highest BCUT2D eigenvalue weighted by atomic mass is 35.5. The van der Waals surface area contributed by atoms with Crippen LogP contribution in [0.2, 0.25) is 0 Å². The molecule has 1 aromatic rings. The fourth-order valence-electron chi connectivity index (χ4n) is 3.08. The summed E-state index contributed by atoms with van der Waals surface area (Å²) in [6, 6.07) is 12.1. The van der Waals surface area contributed by atoms with Crippen LogP contribution in [0.5, 0.6) is 0 Å². The molecule has 3 rings (SSSR count). The van der Waals surface area contributed by atoms with E-state index in [4.69, 9.17) is 5.73 Å². The highest BCUT2D eigenvalue weighted by Crippen LogP contribution is 2.37. The number of nitrogens with two attached hydrogens (primary N) is 1. The summed E-state index contributed by atoms with van der Waals surface area (Å²) in [5.74, 6) is 0.645. The lowest BCUT2D eigenvalue weighted by Gasteiger charge is -2.31. The predicted octanol–water partition coefficient (Wildman–Crippen LogP) is 1.75. The second-order valence-electron chi connectivity index (χ2n) is 5.02. The number of hydrogen-bond donors (Lipinski definition) is 3. The van der Waals surface area contributed by atoms with Crippen LogP contribution in [-0.4, -0.2) is 12.1 Å². The standard InChI is InChI=1S/C13H19N3.ClH/c14-10-6-7-12-11(8-10)13(16-15-12)9-4-2-1-3-5-9;/h1-5,10-13,15-16H,6-8,14H2;1H. The van der Waals surface area contributed by atoms with E-state index >= 15 is 0 Å². The van der Waals surface area contributed by atoms with Crippen LogP contribution in [0.3, 0.4) is 0 Å². The molecule has 2 aliphatic rings. The van der Waals surface area contributed by atoms with Gasteiger partial charge in [0.05, 0.1) is 6.04 Å². The number of hydrogen-bond acceptors (Lipinski definition) is 3. The van der Waals surface area contributed by atoms with Crippen LogP contribution in [0, 0.1) is 5.92 Å². The predicted molar refractivity (Wildman–Crippen MR) is 71.8 cm³/mol. The van der Waals surface area contributed by atoms with Gasteiger partial charge < -0.3 is 5.73 Å². The first-order valence-electron chi connectivity index (χ1n) is 6.16. The molecule has 0 bridgehead atoms. The molecule has 4 heteroatoms. The van der Waals surface area contributed by atoms with Crippen LogP contribution in [0.15, 0.2) is 30.3 Å². The summed E-state index contributed by atoms with van der Waals surface area (Å²) in [5.41, 5.74) is 14.3. The Morgan fingerprint density at radius 2 is 1.82 bits per heavy atom. The molecule has 0 spiro atoms. The quantitative estimate of drug-likeness (QED) is 0.715. The van der Waals surface area contributed by atoms with Crippen LogP contribution in [0.4, 0.5) is 0 Å². The molecule has 1 aliphatic carbocycles. The highest BCUT2D eigenvalue weighted by Gasteiger charge is 2.39. The van der Waals surface area contributed by atoms with Gasteiger partial charge in [-0.15, -0.1) is 12.4 Å². The lowest BCUT2D eigenvalue weighted by molar-refractivity contribution is 0.279.